The highest BCUT2D eigenvalue weighted by molar-refractivity contribution is 5.75. The molecule has 0 amide bonds. The van der Waals surface area contributed by atoms with E-state index in [9.17, 15) is 4.79 Å². The lowest BCUT2D eigenvalue weighted by Gasteiger charge is -2.17. The lowest BCUT2D eigenvalue weighted by molar-refractivity contribution is -0.142. The molecule has 0 aliphatic heterocycles. The molecule has 2 heteroatoms. The highest BCUT2D eigenvalue weighted by Gasteiger charge is 2.27. The first kappa shape index (κ1) is 12.7. The Morgan fingerprint density at radius 3 is 2.05 bits per heavy atom. The maximum absolute atomic E-state index is 11.9. The molecule has 0 spiro atoms. The Morgan fingerprint density at radius 2 is 1.53 bits per heavy atom. The molecule has 0 N–H and O–H groups in total. The van der Waals surface area contributed by atoms with Gasteiger partial charge in [0, 0.05) is 0 Å². The summed E-state index contributed by atoms with van der Waals surface area (Å²) in [5.41, 5.74) is 8.88. The molecule has 19 heavy (non-hydrogen) atoms. The predicted molar refractivity (Wildman–Crippen MR) is 75.6 cm³/mol. The number of fused-ring (bicyclic) bond motifs is 2. The van der Waals surface area contributed by atoms with E-state index >= 15 is 0 Å². The summed E-state index contributed by atoms with van der Waals surface area (Å²) in [7, 11) is 0. The van der Waals surface area contributed by atoms with E-state index in [1.165, 1.54) is 47.9 Å². The van der Waals surface area contributed by atoms with Crippen LogP contribution in [0.25, 0.3) is 0 Å². The average Bonchev–Trinajstić information content (AvgIpc) is 3.03. The van der Waals surface area contributed by atoms with E-state index in [4.69, 9.17) is 4.74 Å². The summed E-state index contributed by atoms with van der Waals surface area (Å²) in [6, 6.07) is 0. The van der Waals surface area contributed by atoms with Crippen LogP contribution in [-0.2, 0) is 41.6 Å². The highest BCUT2D eigenvalue weighted by Crippen LogP contribution is 2.38. The second-order valence-corrected chi connectivity index (χ2v) is 5.71. The zero-order valence-corrected chi connectivity index (χ0v) is 12.0. The van der Waals surface area contributed by atoms with Crippen LogP contribution in [0, 0.1) is 6.92 Å². The number of hydrogen-bond acceptors (Lipinski definition) is 2. The van der Waals surface area contributed by atoms with Crippen molar-refractivity contribution < 1.29 is 9.53 Å². The molecule has 0 heterocycles. The molecule has 0 saturated carbocycles. The Labute approximate surface area is 115 Å². The van der Waals surface area contributed by atoms with Gasteiger partial charge in [0.2, 0.25) is 0 Å². The molecule has 0 unspecified atom stereocenters. The van der Waals surface area contributed by atoms with Crippen molar-refractivity contribution in [2.75, 3.05) is 6.61 Å². The van der Waals surface area contributed by atoms with E-state index < -0.39 is 0 Å². The Hall–Kier alpha value is -1.31. The van der Waals surface area contributed by atoms with Crippen molar-refractivity contribution in [2.24, 2.45) is 0 Å². The molecule has 1 aromatic rings. The van der Waals surface area contributed by atoms with Crippen LogP contribution >= 0.6 is 0 Å². The number of esters is 1. The maximum Gasteiger partial charge on any atom is 0.310 e. The number of carbonyl (C=O) groups excluding carboxylic acids is 1. The summed E-state index contributed by atoms with van der Waals surface area (Å²) in [5, 5.41) is 0. The predicted octanol–water partition coefficient (Wildman–Crippen LogP) is 3.08. The van der Waals surface area contributed by atoms with E-state index in [1.807, 2.05) is 6.92 Å². The third kappa shape index (κ3) is 2.07. The number of carbonyl (C=O) groups is 1. The van der Waals surface area contributed by atoms with Crippen molar-refractivity contribution in [3.8, 4) is 0 Å². The first-order chi connectivity index (χ1) is 9.22. The van der Waals surface area contributed by atoms with E-state index in [2.05, 4.69) is 6.92 Å². The van der Waals surface area contributed by atoms with Crippen LogP contribution in [-0.4, -0.2) is 12.6 Å². The van der Waals surface area contributed by atoms with Crippen molar-refractivity contribution in [3.05, 3.63) is 33.4 Å². The Morgan fingerprint density at radius 1 is 1.00 bits per heavy atom. The average molecular weight is 258 g/mol. The molecule has 2 aliphatic rings. The van der Waals surface area contributed by atoms with Crippen molar-refractivity contribution in [1.29, 1.82) is 0 Å². The minimum Gasteiger partial charge on any atom is -0.466 e. The third-order valence-electron chi connectivity index (χ3n) is 4.70. The van der Waals surface area contributed by atoms with Gasteiger partial charge in [-0.1, -0.05) is 0 Å². The fraction of sp³-hybridized carbons (Fsp3) is 0.588. The molecule has 0 fully saturated rings. The molecule has 102 valence electrons. The number of hydrogen-bond donors (Lipinski definition) is 0. The first-order valence-corrected chi connectivity index (χ1v) is 7.53. The van der Waals surface area contributed by atoms with Gasteiger partial charge in [0.05, 0.1) is 13.0 Å². The van der Waals surface area contributed by atoms with Gasteiger partial charge in [-0.2, -0.15) is 0 Å². The molecular weight excluding hydrogens is 236 g/mol. The highest BCUT2D eigenvalue weighted by atomic mass is 16.5. The molecule has 0 bridgehead atoms. The smallest absolute Gasteiger partial charge is 0.310 e. The summed E-state index contributed by atoms with van der Waals surface area (Å²) in [4.78, 5) is 11.9. The molecule has 0 radical (unpaired) electrons. The van der Waals surface area contributed by atoms with Crippen LogP contribution in [0.1, 0.15) is 53.1 Å². The quantitative estimate of drug-likeness (QED) is 0.779. The largest absolute Gasteiger partial charge is 0.466 e. The van der Waals surface area contributed by atoms with E-state index in [1.54, 1.807) is 11.1 Å². The summed E-state index contributed by atoms with van der Waals surface area (Å²) < 4.78 is 5.16. The van der Waals surface area contributed by atoms with Crippen LogP contribution in [0.5, 0.6) is 0 Å². The van der Waals surface area contributed by atoms with Crippen molar-refractivity contribution in [1.82, 2.24) is 0 Å². The fourth-order valence-corrected chi connectivity index (χ4v) is 3.92. The first-order valence-electron chi connectivity index (χ1n) is 7.53. The molecular formula is C17H22O2. The summed E-state index contributed by atoms with van der Waals surface area (Å²) in [6.45, 7) is 4.64. The molecule has 1 aromatic carbocycles. The van der Waals surface area contributed by atoms with Crippen LogP contribution in [0.3, 0.4) is 0 Å². The number of ether oxygens (including phenoxy) is 1. The Balaban J connectivity index is 2.06. The SMILES string of the molecule is CCOC(=O)Cc1c2c(c(C)c3c1CCC3)CCC2. The lowest BCUT2D eigenvalue weighted by atomic mass is 9.88. The zero-order valence-electron chi connectivity index (χ0n) is 12.0. The molecule has 2 aliphatic carbocycles. The summed E-state index contributed by atoms with van der Waals surface area (Å²) in [6.07, 6.45) is 7.67. The number of benzene rings is 1. The van der Waals surface area contributed by atoms with Crippen LogP contribution in [0.15, 0.2) is 0 Å². The molecule has 3 rings (SSSR count). The minimum atomic E-state index is -0.0606. The van der Waals surface area contributed by atoms with Crippen molar-refractivity contribution >= 4 is 5.97 Å². The summed E-state index contributed by atoms with van der Waals surface area (Å²) >= 11 is 0. The van der Waals surface area contributed by atoms with Gasteiger partial charge in [0.1, 0.15) is 0 Å². The van der Waals surface area contributed by atoms with Gasteiger partial charge >= 0.3 is 5.97 Å². The van der Waals surface area contributed by atoms with Gasteiger partial charge in [-0.25, -0.2) is 0 Å². The van der Waals surface area contributed by atoms with Gasteiger partial charge in [-0.15, -0.1) is 0 Å². The van der Waals surface area contributed by atoms with Gasteiger partial charge in [-0.05, 0) is 85.8 Å². The van der Waals surface area contributed by atoms with Gasteiger partial charge in [0.15, 0.2) is 0 Å². The van der Waals surface area contributed by atoms with Gasteiger partial charge in [-0.3, -0.25) is 4.79 Å². The maximum atomic E-state index is 11.9. The molecule has 2 nitrogen and oxygen atoms in total. The standard InChI is InChI=1S/C17H22O2/c1-3-19-17(18)10-16-14-8-4-6-12(14)11(2)13-7-5-9-15(13)16/h3-10H2,1-2H3. The van der Waals surface area contributed by atoms with Gasteiger partial charge in [0.25, 0.3) is 0 Å². The Kier molecular flexibility index (Phi) is 3.34. The minimum absolute atomic E-state index is 0.0606. The van der Waals surface area contributed by atoms with Gasteiger partial charge < -0.3 is 4.74 Å². The van der Waals surface area contributed by atoms with E-state index in [0.717, 1.165) is 12.8 Å². The second-order valence-electron chi connectivity index (χ2n) is 5.71. The fourth-order valence-electron chi connectivity index (χ4n) is 3.92. The zero-order chi connectivity index (χ0) is 13.4. The van der Waals surface area contributed by atoms with Crippen molar-refractivity contribution in [2.45, 2.75) is 58.8 Å². The van der Waals surface area contributed by atoms with Crippen LogP contribution in [0.4, 0.5) is 0 Å². The van der Waals surface area contributed by atoms with Crippen LogP contribution in [0.2, 0.25) is 0 Å². The topological polar surface area (TPSA) is 26.3 Å². The van der Waals surface area contributed by atoms with Crippen LogP contribution < -0.4 is 0 Å². The summed E-state index contributed by atoms with van der Waals surface area (Å²) in [5.74, 6) is -0.0606. The van der Waals surface area contributed by atoms with E-state index in [0.29, 0.717) is 13.0 Å². The number of rotatable bonds is 3. The Bertz CT molecular complexity index is 494. The normalized spacial score (nSPS) is 16.3. The molecule has 0 aromatic heterocycles. The molecule has 0 atom stereocenters. The molecule has 0 saturated heterocycles. The lowest BCUT2D eigenvalue weighted by Crippen LogP contribution is -2.12. The monoisotopic (exact) mass is 258 g/mol. The second kappa shape index (κ2) is 4.99. The van der Waals surface area contributed by atoms with Crippen molar-refractivity contribution in [3.63, 3.8) is 0 Å². The van der Waals surface area contributed by atoms with E-state index in [-0.39, 0.29) is 5.97 Å². The third-order valence-corrected chi connectivity index (χ3v) is 4.70.